The summed E-state index contributed by atoms with van der Waals surface area (Å²) in [5.41, 5.74) is 4.17. The van der Waals surface area contributed by atoms with Gasteiger partial charge in [-0.15, -0.1) is 0 Å². The molecule has 0 spiro atoms. The molecule has 2 aromatic rings. The summed E-state index contributed by atoms with van der Waals surface area (Å²) in [6.45, 7) is 3.52. The molecule has 0 saturated carbocycles. The van der Waals surface area contributed by atoms with Gasteiger partial charge in [0.25, 0.3) is 0 Å². The SMILES string of the molecule is Cc1cc(N2CCc3cnn(C)c3C2)c(F)cc1Br. The lowest BCUT2D eigenvalue weighted by Crippen LogP contribution is -2.31. The van der Waals surface area contributed by atoms with Gasteiger partial charge >= 0.3 is 0 Å². The molecule has 0 atom stereocenters. The summed E-state index contributed by atoms with van der Waals surface area (Å²) in [4.78, 5) is 2.08. The standard InChI is InChI=1S/C14H15BrFN3/c1-9-5-13(12(16)6-11(9)15)19-4-3-10-7-17-18(2)14(10)8-19/h5-7H,3-4,8H2,1-2H3. The third-order valence-corrected chi connectivity index (χ3v) is 4.56. The molecule has 0 aliphatic carbocycles. The lowest BCUT2D eigenvalue weighted by molar-refractivity contribution is 0.598. The van der Waals surface area contributed by atoms with Crippen molar-refractivity contribution in [3.8, 4) is 0 Å². The van der Waals surface area contributed by atoms with Crippen LogP contribution in [-0.4, -0.2) is 16.3 Å². The molecule has 1 aromatic carbocycles. The Morgan fingerprint density at radius 3 is 2.95 bits per heavy atom. The molecule has 0 N–H and O–H groups in total. The van der Waals surface area contributed by atoms with Crippen molar-refractivity contribution in [2.24, 2.45) is 7.05 Å². The van der Waals surface area contributed by atoms with Gasteiger partial charge in [-0.05, 0) is 36.6 Å². The van der Waals surface area contributed by atoms with Gasteiger partial charge in [0, 0.05) is 18.1 Å². The van der Waals surface area contributed by atoms with E-state index >= 15 is 0 Å². The molecule has 0 amide bonds. The average molecular weight is 324 g/mol. The Kier molecular flexibility index (Phi) is 3.09. The second kappa shape index (κ2) is 4.63. The van der Waals surface area contributed by atoms with Crippen LogP contribution >= 0.6 is 15.9 Å². The number of nitrogens with zero attached hydrogens (tertiary/aromatic N) is 3. The molecular formula is C14H15BrFN3. The maximum absolute atomic E-state index is 14.1. The smallest absolute Gasteiger partial charge is 0.147 e. The summed E-state index contributed by atoms with van der Waals surface area (Å²) in [6.07, 6.45) is 2.83. The quantitative estimate of drug-likeness (QED) is 0.803. The molecule has 3 rings (SSSR count). The van der Waals surface area contributed by atoms with Crippen LogP contribution in [0.25, 0.3) is 0 Å². The maximum atomic E-state index is 14.1. The molecule has 2 heterocycles. The van der Waals surface area contributed by atoms with Crippen molar-refractivity contribution in [1.29, 1.82) is 0 Å². The highest BCUT2D eigenvalue weighted by Crippen LogP contribution is 2.30. The minimum Gasteiger partial charge on any atom is -0.363 e. The van der Waals surface area contributed by atoms with Crippen molar-refractivity contribution in [1.82, 2.24) is 9.78 Å². The van der Waals surface area contributed by atoms with Crippen LogP contribution < -0.4 is 4.90 Å². The van der Waals surface area contributed by atoms with Crippen LogP contribution in [0, 0.1) is 12.7 Å². The zero-order valence-electron chi connectivity index (χ0n) is 11.0. The number of benzene rings is 1. The summed E-state index contributed by atoms with van der Waals surface area (Å²) in [7, 11) is 1.94. The van der Waals surface area contributed by atoms with Crippen LogP contribution in [0.15, 0.2) is 22.8 Å². The highest BCUT2D eigenvalue weighted by atomic mass is 79.9. The Hall–Kier alpha value is -1.36. The monoisotopic (exact) mass is 323 g/mol. The maximum Gasteiger partial charge on any atom is 0.147 e. The number of aryl methyl sites for hydroxylation is 2. The van der Waals surface area contributed by atoms with Gasteiger partial charge in [-0.2, -0.15) is 5.10 Å². The van der Waals surface area contributed by atoms with Crippen LogP contribution in [0.3, 0.4) is 0 Å². The molecule has 0 fully saturated rings. The Morgan fingerprint density at radius 1 is 1.37 bits per heavy atom. The van der Waals surface area contributed by atoms with Gasteiger partial charge in [0.05, 0.1) is 24.1 Å². The van der Waals surface area contributed by atoms with Gasteiger partial charge in [-0.3, -0.25) is 4.68 Å². The van der Waals surface area contributed by atoms with Gasteiger partial charge in [-0.25, -0.2) is 4.39 Å². The fourth-order valence-electron chi connectivity index (χ4n) is 2.53. The fraction of sp³-hybridized carbons (Fsp3) is 0.357. The molecule has 1 aromatic heterocycles. The van der Waals surface area contributed by atoms with E-state index < -0.39 is 0 Å². The second-order valence-corrected chi connectivity index (χ2v) is 5.82. The number of halogens is 2. The number of anilines is 1. The van der Waals surface area contributed by atoms with Gasteiger partial charge < -0.3 is 4.90 Å². The molecular weight excluding hydrogens is 309 g/mol. The largest absolute Gasteiger partial charge is 0.363 e. The first kappa shape index (κ1) is 12.7. The molecule has 0 radical (unpaired) electrons. The first-order valence-corrected chi connectivity index (χ1v) is 7.06. The van der Waals surface area contributed by atoms with Crippen molar-refractivity contribution >= 4 is 21.6 Å². The van der Waals surface area contributed by atoms with Crippen LogP contribution in [-0.2, 0) is 20.0 Å². The van der Waals surface area contributed by atoms with E-state index in [1.807, 2.05) is 30.9 Å². The molecule has 100 valence electrons. The minimum absolute atomic E-state index is 0.178. The van der Waals surface area contributed by atoms with E-state index in [-0.39, 0.29) is 5.82 Å². The van der Waals surface area contributed by atoms with Crippen LogP contribution in [0.2, 0.25) is 0 Å². The molecule has 0 bridgehead atoms. The van der Waals surface area contributed by atoms with E-state index in [4.69, 9.17) is 0 Å². The highest BCUT2D eigenvalue weighted by Gasteiger charge is 2.22. The number of fused-ring (bicyclic) bond motifs is 1. The topological polar surface area (TPSA) is 21.1 Å². The highest BCUT2D eigenvalue weighted by molar-refractivity contribution is 9.10. The van der Waals surface area contributed by atoms with Crippen LogP contribution in [0.1, 0.15) is 16.8 Å². The zero-order valence-corrected chi connectivity index (χ0v) is 12.5. The van der Waals surface area contributed by atoms with Crippen LogP contribution in [0.5, 0.6) is 0 Å². The van der Waals surface area contributed by atoms with E-state index in [2.05, 4.69) is 25.9 Å². The van der Waals surface area contributed by atoms with E-state index in [1.54, 1.807) is 6.07 Å². The Labute approximate surface area is 120 Å². The third kappa shape index (κ3) is 2.16. The minimum atomic E-state index is -0.178. The third-order valence-electron chi connectivity index (χ3n) is 3.71. The number of rotatable bonds is 1. The van der Waals surface area contributed by atoms with E-state index in [1.165, 1.54) is 11.3 Å². The predicted molar refractivity (Wildman–Crippen MR) is 76.8 cm³/mol. The lowest BCUT2D eigenvalue weighted by Gasteiger charge is -2.30. The van der Waals surface area contributed by atoms with E-state index in [0.29, 0.717) is 12.2 Å². The average Bonchev–Trinajstić information content (AvgIpc) is 2.75. The Morgan fingerprint density at radius 2 is 2.16 bits per heavy atom. The Bertz CT molecular complexity index is 636. The molecule has 19 heavy (non-hydrogen) atoms. The van der Waals surface area contributed by atoms with E-state index in [9.17, 15) is 4.39 Å². The van der Waals surface area contributed by atoms with Crippen LogP contribution in [0.4, 0.5) is 10.1 Å². The van der Waals surface area contributed by atoms with Gasteiger partial charge in [0.2, 0.25) is 0 Å². The van der Waals surface area contributed by atoms with Gasteiger partial charge in [0.1, 0.15) is 5.82 Å². The molecule has 1 aliphatic rings. The summed E-state index contributed by atoms with van der Waals surface area (Å²) in [6, 6.07) is 3.45. The molecule has 0 saturated heterocycles. The van der Waals surface area contributed by atoms with Crippen molar-refractivity contribution in [3.05, 3.63) is 45.4 Å². The zero-order chi connectivity index (χ0) is 13.6. The van der Waals surface area contributed by atoms with Crippen molar-refractivity contribution in [2.45, 2.75) is 19.9 Å². The number of hydrogen-bond donors (Lipinski definition) is 0. The lowest BCUT2D eigenvalue weighted by atomic mass is 10.1. The van der Waals surface area contributed by atoms with Gasteiger partial charge in [-0.1, -0.05) is 15.9 Å². The Balaban J connectivity index is 1.97. The van der Waals surface area contributed by atoms with E-state index in [0.717, 1.165) is 23.0 Å². The summed E-state index contributed by atoms with van der Waals surface area (Å²) < 4.78 is 16.8. The number of hydrogen-bond acceptors (Lipinski definition) is 2. The molecule has 0 unspecified atom stereocenters. The number of aromatic nitrogens is 2. The first-order valence-electron chi connectivity index (χ1n) is 6.26. The predicted octanol–water partition coefficient (Wildman–Crippen LogP) is 3.19. The normalized spacial score (nSPS) is 14.6. The molecule has 3 nitrogen and oxygen atoms in total. The second-order valence-electron chi connectivity index (χ2n) is 4.96. The van der Waals surface area contributed by atoms with Crippen molar-refractivity contribution < 1.29 is 4.39 Å². The van der Waals surface area contributed by atoms with Crippen molar-refractivity contribution in [3.63, 3.8) is 0 Å². The summed E-state index contributed by atoms with van der Waals surface area (Å²) >= 11 is 3.36. The van der Waals surface area contributed by atoms with Gasteiger partial charge in [0.15, 0.2) is 0 Å². The summed E-state index contributed by atoms with van der Waals surface area (Å²) in [5, 5.41) is 4.27. The first-order chi connectivity index (χ1) is 9.06. The van der Waals surface area contributed by atoms with Crippen molar-refractivity contribution in [2.75, 3.05) is 11.4 Å². The molecule has 5 heteroatoms. The summed E-state index contributed by atoms with van der Waals surface area (Å²) in [5.74, 6) is -0.178. The fourth-order valence-corrected chi connectivity index (χ4v) is 2.84. The molecule has 1 aliphatic heterocycles.